The lowest BCUT2D eigenvalue weighted by Crippen LogP contribution is -2.40. The van der Waals surface area contributed by atoms with Crippen LogP contribution < -0.4 is 5.32 Å². The Morgan fingerprint density at radius 1 is 1.29 bits per heavy atom. The number of rotatable bonds is 7. The van der Waals surface area contributed by atoms with E-state index in [1.54, 1.807) is 18.2 Å². The van der Waals surface area contributed by atoms with Crippen molar-refractivity contribution in [2.45, 2.75) is 39.2 Å². The molecule has 0 radical (unpaired) electrons. The number of aliphatic carboxylic acids is 1. The van der Waals surface area contributed by atoms with Crippen LogP contribution in [-0.2, 0) is 16.0 Å². The van der Waals surface area contributed by atoms with Crippen LogP contribution >= 0.6 is 23.2 Å². The molecule has 1 atom stereocenters. The maximum atomic E-state index is 11.9. The lowest BCUT2D eigenvalue weighted by Gasteiger charge is -2.20. The van der Waals surface area contributed by atoms with Crippen molar-refractivity contribution in [2.75, 3.05) is 0 Å². The molecular weight excluding hydrogens is 313 g/mol. The molecule has 0 spiro atoms. The Bertz CT molecular complexity index is 518. The first kappa shape index (κ1) is 17.8. The van der Waals surface area contributed by atoms with Crippen LogP contribution in [0.1, 0.15) is 32.3 Å². The first-order valence-corrected chi connectivity index (χ1v) is 7.50. The monoisotopic (exact) mass is 331 g/mol. The Kier molecular flexibility index (Phi) is 6.99. The van der Waals surface area contributed by atoms with Gasteiger partial charge >= 0.3 is 5.97 Å². The molecule has 1 aromatic rings. The van der Waals surface area contributed by atoms with Gasteiger partial charge in [0.25, 0.3) is 0 Å². The molecule has 0 heterocycles. The number of nitrogens with one attached hydrogen (secondary N) is 1. The minimum absolute atomic E-state index is 0.0594. The van der Waals surface area contributed by atoms with E-state index in [-0.39, 0.29) is 30.7 Å². The standard InChI is InChI=1S/C15H19Cl2NO3/c1-9(2)13(8-15(20)21)18-14(19)6-4-10-3-5-11(16)7-12(10)17/h3,5,7,9,13H,4,6,8H2,1-2H3,(H,18,19)(H,20,21). The number of aryl methyl sites for hydroxylation is 1. The third-order valence-corrected chi connectivity index (χ3v) is 3.77. The van der Waals surface area contributed by atoms with Crippen LogP contribution in [0.3, 0.4) is 0 Å². The van der Waals surface area contributed by atoms with Crippen molar-refractivity contribution in [1.29, 1.82) is 0 Å². The minimum Gasteiger partial charge on any atom is -0.481 e. The fourth-order valence-electron chi connectivity index (χ4n) is 1.89. The lowest BCUT2D eigenvalue weighted by molar-refractivity contribution is -0.138. The molecule has 0 aromatic heterocycles. The van der Waals surface area contributed by atoms with Crippen LogP contribution in [0.25, 0.3) is 0 Å². The van der Waals surface area contributed by atoms with E-state index >= 15 is 0 Å². The second kappa shape index (κ2) is 8.25. The van der Waals surface area contributed by atoms with Gasteiger partial charge in [-0.1, -0.05) is 43.1 Å². The highest BCUT2D eigenvalue weighted by Gasteiger charge is 2.19. The van der Waals surface area contributed by atoms with Gasteiger partial charge in [-0.15, -0.1) is 0 Å². The average Bonchev–Trinajstić information content (AvgIpc) is 2.36. The van der Waals surface area contributed by atoms with Gasteiger partial charge in [0, 0.05) is 22.5 Å². The summed E-state index contributed by atoms with van der Waals surface area (Å²) in [6.07, 6.45) is 0.662. The molecule has 116 valence electrons. The average molecular weight is 332 g/mol. The van der Waals surface area contributed by atoms with Crippen LogP contribution in [0.5, 0.6) is 0 Å². The zero-order chi connectivity index (χ0) is 16.0. The first-order chi connectivity index (χ1) is 9.79. The van der Waals surface area contributed by atoms with E-state index in [2.05, 4.69) is 5.32 Å². The largest absolute Gasteiger partial charge is 0.481 e. The number of carboxylic acid groups (broad SMARTS) is 1. The molecule has 4 nitrogen and oxygen atoms in total. The number of halogens is 2. The van der Waals surface area contributed by atoms with Gasteiger partial charge in [0.05, 0.1) is 6.42 Å². The highest BCUT2D eigenvalue weighted by Crippen LogP contribution is 2.22. The number of carbonyl (C=O) groups excluding carboxylic acids is 1. The predicted molar refractivity (Wildman–Crippen MR) is 83.8 cm³/mol. The quantitative estimate of drug-likeness (QED) is 0.802. The SMILES string of the molecule is CC(C)C(CC(=O)O)NC(=O)CCc1ccc(Cl)cc1Cl. The zero-order valence-electron chi connectivity index (χ0n) is 12.0. The fourth-order valence-corrected chi connectivity index (χ4v) is 2.40. The molecule has 1 rings (SSSR count). The van der Waals surface area contributed by atoms with Crippen LogP contribution in [0.2, 0.25) is 10.0 Å². The van der Waals surface area contributed by atoms with Gasteiger partial charge in [-0.25, -0.2) is 0 Å². The molecule has 1 unspecified atom stereocenters. The van der Waals surface area contributed by atoms with E-state index in [9.17, 15) is 9.59 Å². The number of benzene rings is 1. The third kappa shape index (κ3) is 6.36. The molecular formula is C15H19Cl2NO3. The van der Waals surface area contributed by atoms with E-state index in [1.807, 2.05) is 13.8 Å². The molecule has 0 fully saturated rings. The predicted octanol–water partition coefficient (Wildman–Crippen LogP) is 3.54. The molecule has 1 aromatic carbocycles. The normalized spacial score (nSPS) is 12.2. The maximum absolute atomic E-state index is 11.9. The van der Waals surface area contributed by atoms with E-state index < -0.39 is 5.97 Å². The van der Waals surface area contributed by atoms with Crippen molar-refractivity contribution in [1.82, 2.24) is 5.32 Å². The van der Waals surface area contributed by atoms with Gasteiger partial charge in [0.2, 0.25) is 5.91 Å². The summed E-state index contributed by atoms with van der Waals surface area (Å²) >= 11 is 11.9. The molecule has 2 N–H and O–H groups in total. The number of carbonyl (C=O) groups is 2. The first-order valence-electron chi connectivity index (χ1n) is 6.74. The smallest absolute Gasteiger partial charge is 0.305 e. The Morgan fingerprint density at radius 3 is 2.48 bits per heavy atom. The summed E-state index contributed by atoms with van der Waals surface area (Å²) in [7, 11) is 0. The van der Waals surface area contributed by atoms with Gasteiger partial charge in [-0.3, -0.25) is 9.59 Å². The maximum Gasteiger partial charge on any atom is 0.305 e. The van der Waals surface area contributed by atoms with Gasteiger partial charge in [-0.05, 0) is 30.0 Å². The van der Waals surface area contributed by atoms with Crippen LogP contribution in [0, 0.1) is 5.92 Å². The summed E-state index contributed by atoms with van der Waals surface area (Å²) < 4.78 is 0. The fraction of sp³-hybridized carbons (Fsp3) is 0.467. The van der Waals surface area contributed by atoms with Crippen molar-refractivity contribution in [3.8, 4) is 0 Å². The Labute approximate surface area is 134 Å². The number of hydrogen-bond donors (Lipinski definition) is 2. The minimum atomic E-state index is -0.922. The molecule has 6 heteroatoms. The van der Waals surface area contributed by atoms with Gasteiger partial charge in [0.15, 0.2) is 0 Å². The molecule has 0 aliphatic carbocycles. The third-order valence-electron chi connectivity index (χ3n) is 3.18. The van der Waals surface area contributed by atoms with Gasteiger partial charge in [-0.2, -0.15) is 0 Å². The molecule has 21 heavy (non-hydrogen) atoms. The van der Waals surface area contributed by atoms with Crippen LogP contribution in [-0.4, -0.2) is 23.0 Å². The molecule has 1 amide bonds. The number of carboxylic acids is 1. The second-order valence-corrected chi connectivity index (χ2v) is 6.10. The lowest BCUT2D eigenvalue weighted by atomic mass is 10.0. The van der Waals surface area contributed by atoms with Crippen molar-refractivity contribution in [3.63, 3.8) is 0 Å². The second-order valence-electron chi connectivity index (χ2n) is 5.25. The summed E-state index contributed by atoms with van der Waals surface area (Å²) in [5.74, 6) is -1.04. The molecule has 0 aliphatic heterocycles. The zero-order valence-corrected chi connectivity index (χ0v) is 13.5. The number of amides is 1. The van der Waals surface area contributed by atoms with Crippen molar-refractivity contribution >= 4 is 35.1 Å². The molecule has 0 aliphatic rings. The number of hydrogen-bond acceptors (Lipinski definition) is 2. The van der Waals surface area contributed by atoms with E-state index in [0.717, 1.165) is 5.56 Å². The summed E-state index contributed by atoms with van der Waals surface area (Å²) in [5, 5.41) is 12.7. The summed E-state index contributed by atoms with van der Waals surface area (Å²) in [6.45, 7) is 3.76. The Balaban J connectivity index is 2.54. The highest BCUT2D eigenvalue weighted by molar-refractivity contribution is 6.35. The van der Waals surface area contributed by atoms with Crippen molar-refractivity contribution < 1.29 is 14.7 Å². The van der Waals surface area contributed by atoms with Crippen molar-refractivity contribution in [2.24, 2.45) is 5.92 Å². The Hall–Kier alpha value is -1.26. The molecule has 0 saturated heterocycles. The van der Waals surface area contributed by atoms with Crippen molar-refractivity contribution in [3.05, 3.63) is 33.8 Å². The van der Waals surface area contributed by atoms with E-state index in [1.165, 1.54) is 0 Å². The van der Waals surface area contributed by atoms with E-state index in [4.69, 9.17) is 28.3 Å². The molecule has 0 saturated carbocycles. The summed E-state index contributed by atoms with van der Waals surface area (Å²) in [4.78, 5) is 22.7. The van der Waals surface area contributed by atoms with E-state index in [0.29, 0.717) is 16.5 Å². The molecule has 0 bridgehead atoms. The highest BCUT2D eigenvalue weighted by atomic mass is 35.5. The van der Waals surface area contributed by atoms with Gasteiger partial charge in [0.1, 0.15) is 0 Å². The van der Waals surface area contributed by atoms with Crippen LogP contribution in [0.4, 0.5) is 0 Å². The Morgan fingerprint density at radius 2 is 1.95 bits per heavy atom. The summed E-state index contributed by atoms with van der Waals surface area (Å²) in [5.41, 5.74) is 0.843. The summed E-state index contributed by atoms with van der Waals surface area (Å²) in [6, 6.07) is 4.78. The van der Waals surface area contributed by atoms with Gasteiger partial charge < -0.3 is 10.4 Å². The van der Waals surface area contributed by atoms with Crippen LogP contribution in [0.15, 0.2) is 18.2 Å². The topological polar surface area (TPSA) is 66.4 Å².